The fourth-order valence-corrected chi connectivity index (χ4v) is 4.72. The van der Waals surface area contributed by atoms with Crippen LogP contribution < -0.4 is 4.74 Å². The van der Waals surface area contributed by atoms with Gasteiger partial charge in [0.1, 0.15) is 5.75 Å². The summed E-state index contributed by atoms with van der Waals surface area (Å²) in [5, 5.41) is 0. The standard InChI is InChI=1S/C29H25F7O/c1-2-17-3-7-19(8-4-17)22-11-12-23(27(33)26(22)32)20-9-5-18(6-10-20)13-14-29(35,36)37-21-15-24(30)28(34)25(31)16-21/h2,5-6,9-12,15-17,19H,1,3-4,7-8,13-14H2. The van der Waals surface area contributed by atoms with Crippen molar-refractivity contribution in [2.75, 3.05) is 0 Å². The van der Waals surface area contributed by atoms with Gasteiger partial charge >= 0.3 is 6.11 Å². The Bertz CT molecular complexity index is 1240. The molecule has 4 rings (SSSR count). The van der Waals surface area contributed by atoms with Gasteiger partial charge in [-0.2, -0.15) is 8.78 Å². The van der Waals surface area contributed by atoms with Gasteiger partial charge in [0.25, 0.3) is 0 Å². The Morgan fingerprint density at radius 3 is 2.03 bits per heavy atom. The van der Waals surface area contributed by atoms with Gasteiger partial charge in [-0.1, -0.05) is 42.5 Å². The van der Waals surface area contributed by atoms with Crippen LogP contribution in [0.25, 0.3) is 11.1 Å². The molecule has 1 fully saturated rings. The molecule has 3 aromatic carbocycles. The molecule has 0 heterocycles. The highest BCUT2D eigenvalue weighted by Gasteiger charge is 2.32. The number of aryl methyl sites for hydroxylation is 1. The van der Waals surface area contributed by atoms with Crippen molar-refractivity contribution in [1.29, 1.82) is 0 Å². The van der Waals surface area contributed by atoms with Crippen molar-refractivity contribution >= 4 is 0 Å². The molecule has 3 aromatic rings. The molecule has 0 bridgehead atoms. The molecular weight excluding hydrogens is 497 g/mol. The van der Waals surface area contributed by atoms with E-state index in [1.54, 1.807) is 6.07 Å². The number of benzene rings is 3. The van der Waals surface area contributed by atoms with E-state index < -0.39 is 47.4 Å². The van der Waals surface area contributed by atoms with Crippen molar-refractivity contribution in [3.05, 3.63) is 101 Å². The number of hydrogen-bond donors (Lipinski definition) is 0. The molecule has 0 N–H and O–H groups in total. The summed E-state index contributed by atoms with van der Waals surface area (Å²) in [6.07, 6.45) is 0.413. The van der Waals surface area contributed by atoms with Crippen LogP contribution in [-0.4, -0.2) is 6.11 Å². The predicted octanol–water partition coefficient (Wildman–Crippen LogP) is 9.11. The summed E-state index contributed by atoms with van der Waals surface area (Å²) >= 11 is 0. The first-order chi connectivity index (χ1) is 17.6. The smallest absolute Gasteiger partial charge is 0.398 e. The van der Waals surface area contributed by atoms with Crippen LogP contribution in [-0.2, 0) is 6.42 Å². The van der Waals surface area contributed by atoms with Crippen molar-refractivity contribution in [3.63, 3.8) is 0 Å². The number of halogens is 7. The lowest BCUT2D eigenvalue weighted by molar-refractivity contribution is -0.180. The average molecular weight is 523 g/mol. The highest BCUT2D eigenvalue weighted by molar-refractivity contribution is 5.65. The third-order valence-electron chi connectivity index (χ3n) is 6.85. The van der Waals surface area contributed by atoms with E-state index in [-0.39, 0.29) is 17.9 Å². The lowest BCUT2D eigenvalue weighted by Crippen LogP contribution is -2.25. The summed E-state index contributed by atoms with van der Waals surface area (Å²) in [4.78, 5) is 0. The van der Waals surface area contributed by atoms with Crippen molar-refractivity contribution in [1.82, 2.24) is 0 Å². The molecule has 0 aliphatic heterocycles. The third kappa shape index (κ3) is 6.17. The number of alkyl halides is 2. The number of ether oxygens (including phenoxy) is 1. The van der Waals surface area contributed by atoms with E-state index in [0.717, 1.165) is 25.7 Å². The monoisotopic (exact) mass is 522 g/mol. The fourth-order valence-electron chi connectivity index (χ4n) is 4.72. The topological polar surface area (TPSA) is 9.23 Å². The van der Waals surface area contributed by atoms with Crippen LogP contribution in [0.5, 0.6) is 5.75 Å². The molecule has 196 valence electrons. The highest BCUT2D eigenvalue weighted by Crippen LogP contribution is 2.39. The van der Waals surface area contributed by atoms with Crippen LogP contribution in [0, 0.1) is 35.0 Å². The zero-order chi connectivity index (χ0) is 26.7. The SMILES string of the molecule is C=CC1CCC(c2ccc(-c3ccc(CCC(F)(F)Oc4cc(F)c(F)c(F)c4)cc3)c(F)c2F)CC1. The van der Waals surface area contributed by atoms with Gasteiger partial charge in [-0.25, -0.2) is 22.0 Å². The van der Waals surface area contributed by atoms with Gasteiger partial charge in [0.15, 0.2) is 29.1 Å². The van der Waals surface area contributed by atoms with Crippen LogP contribution in [0.3, 0.4) is 0 Å². The Morgan fingerprint density at radius 2 is 1.43 bits per heavy atom. The molecule has 1 aliphatic rings. The Balaban J connectivity index is 1.41. The number of allylic oxidation sites excluding steroid dienone is 1. The maximum Gasteiger partial charge on any atom is 0.398 e. The average Bonchev–Trinajstić information content (AvgIpc) is 2.88. The van der Waals surface area contributed by atoms with E-state index >= 15 is 0 Å². The summed E-state index contributed by atoms with van der Waals surface area (Å²) in [7, 11) is 0. The largest absolute Gasteiger partial charge is 0.432 e. The quantitative estimate of drug-likeness (QED) is 0.163. The predicted molar refractivity (Wildman–Crippen MR) is 127 cm³/mol. The molecule has 37 heavy (non-hydrogen) atoms. The van der Waals surface area contributed by atoms with Gasteiger partial charge in [0.05, 0.1) is 6.42 Å². The first kappa shape index (κ1) is 26.8. The second-order valence-corrected chi connectivity index (χ2v) is 9.31. The number of hydrogen-bond acceptors (Lipinski definition) is 1. The van der Waals surface area contributed by atoms with Gasteiger partial charge in [0.2, 0.25) is 0 Å². The maximum atomic E-state index is 15.0. The first-order valence-electron chi connectivity index (χ1n) is 12.0. The maximum absolute atomic E-state index is 15.0. The molecule has 0 saturated heterocycles. The zero-order valence-electron chi connectivity index (χ0n) is 19.9. The van der Waals surface area contributed by atoms with Crippen LogP contribution in [0.1, 0.15) is 49.1 Å². The summed E-state index contributed by atoms with van der Waals surface area (Å²) in [5.74, 6) is -7.36. The molecule has 1 saturated carbocycles. The zero-order valence-corrected chi connectivity index (χ0v) is 19.9. The van der Waals surface area contributed by atoms with Crippen molar-refractivity contribution in [2.45, 2.75) is 50.6 Å². The minimum absolute atomic E-state index is 0.0473. The van der Waals surface area contributed by atoms with E-state index in [0.29, 0.717) is 34.7 Å². The minimum atomic E-state index is -3.79. The third-order valence-corrected chi connectivity index (χ3v) is 6.85. The van der Waals surface area contributed by atoms with Gasteiger partial charge in [-0.3, -0.25) is 0 Å². The summed E-state index contributed by atoms with van der Waals surface area (Å²) in [6, 6.07) is 9.84. The number of rotatable bonds is 8. The Hall–Kier alpha value is -3.29. The molecule has 1 nitrogen and oxygen atoms in total. The lowest BCUT2D eigenvalue weighted by Gasteiger charge is -2.27. The fraction of sp³-hybridized carbons (Fsp3) is 0.310. The second kappa shape index (κ2) is 11.0. The van der Waals surface area contributed by atoms with E-state index in [1.165, 1.54) is 30.3 Å². The minimum Gasteiger partial charge on any atom is -0.432 e. The molecule has 0 aromatic heterocycles. The Kier molecular flexibility index (Phi) is 7.95. The van der Waals surface area contributed by atoms with Gasteiger partial charge in [-0.15, -0.1) is 6.58 Å². The van der Waals surface area contributed by atoms with Gasteiger partial charge in [-0.05, 0) is 60.6 Å². The normalized spacial score (nSPS) is 18.0. The second-order valence-electron chi connectivity index (χ2n) is 9.31. The van der Waals surface area contributed by atoms with Crippen LogP contribution in [0.15, 0.2) is 61.2 Å². The van der Waals surface area contributed by atoms with Crippen LogP contribution >= 0.6 is 0 Å². The lowest BCUT2D eigenvalue weighted by atomic mass is 9.78. The van der Waals surface area contributed by atoms with Crippen LogP contribution in [0.2, 0.25) is 0 Å². The molecule has 0 atom stereocenters. The molecular formula is C29H25F7O. The van der Waals surface area contributed by atoms with Crippen molar-refractivity contribution in [2.24, 2.45) is 5.92 Å². The Labute approximate surface area is 210 Å². The first-order valence-corrected chi connectivity index (χ1v) is 12.0. The van der Waals surface area contributed by atoms with E-state index in [1.807, 2.05) is 6.08 Å². The van der Waals surface area contributed by atoms with Crippen LogP contribution in [0.4, 0.5) is 30.7 Å². The molecule has 0 amide bonds. The van der Waals surface area contributed by atoms with Crippen molar-refractivity contribution < 1.29 is 35.5 Å². The van der Waals surface area contributed by atoms with E-state index in [2.05, 4.69) is 11.3 Å². The molecule has 0 radical (unpaired) electrons. The van der Waals surface area contributed by atoms with E-state index in [9.17, 15) is 30.7 Å². The highest BCUT2D eigenvalue weighted by atomic mass is 19.3. The summed E-state index contributed by atoms with van der Waals surface area (Å²) < 4.78 is 102. The van der Waals surface area contributed by atoms with E-state index in [4.69, 9.17) is 0 Å². The summed E-state index contributed by atoms with van der Waals surface area (Å²) in [6.45, 7) is 3.80. The summed E-state index contributed by atoms with van der Waals surface area (Å²) in [5.41, 5.74) is 1.28. The Morgan fingerprint density at radius 1 is 0.811 bits per heavy atom. The molecule has 0 unspecified atom stereocenters. The molecule has 0 spiro atoms. The van der Waals surface area contributed by atoms with Crippen molar-refractivity contribution in [3.8, 4) is 16.9 Å². The van der Waals surface area contributed by atoms with Gasteiger partial charge < -0.3 is 4.74 Å². The molecule has 1 aliphatic carbocycles. The van der Waals surface area contributed by atoms with Gasteiger partial charge in [0, 0.05) is 17.7 Å². The molecule has 8 heteroatoms.